The van der Waals surface area contributed by atoms with Crippen LogP contribution in [0.1, 0.15) is 11.1 Å². The van der Waals surface area contributed by atoms with Gasteiger partial charge in [0.25, 0.3) is 0 Å². The van der Waals surface area contributed by atoms with Crippen LogP contribution < -0.4 is 10.1 Å². The molecule has 5 aromatic rings. The Morgan fingerprint density at radius 1 is 0.829 bits per heavy atom. The first kappa shape index (κ1) is 22.3. The Bertz CT molecular complexity index is 1530. The largest absolute Gasteiger partial charge is 0.487 e. The minimum absolute atomic E-state index is 0.0328. The highest BCUT2D eigenvalue weighted by atomic mass is 19.2. The number of anilines is 2. The number of nitrogens with zero attached hydrogens (tertiary/aromatic N) is 3. The lowest BCUT2D eigenvalue weighted by Crippen LogP contribution is -2.01. The molecule has 0 unspecified atom stereocenters. The fourth-order valence-electron chi connectivity index (χ4n) is 3.62. The molecule has 0 fully saturated rings. The molecular formula is C27H19F3N4O. The maximum atomic E-state index is 14.5. The molecular weight excluding hydrogens is 453 g/mol. The highest BCUT2D eigenvalue weighted by molar-refractivity contribution is 5.86. The van der Waals surface area contributed by atoms with Crippen LogP contribution in [0.25, 0.3) is 22.2 Å². The Morgan fingerprint density at radius 3 is 2.49 bits per heavy atom. The van der Waals surface area contributed by atoms with Gasteiger partial charge in [-0.25, -0.2) is 28.1 Å². The maximum absolute atomic E-state index is 14.5. The fourth-order valence-corrected chi connectivity index (χ4v) is 3.62. The smallest absolute Gasteiger partial charge is 0.168 e. The summed E-state index contributed by atoms with van der Waals surface area (Å²) in [6.07, 6.45) is 1.18. The molecule has 0 aliphatic rings. The van der Waals surface area contributed by atoms with Crippen LogP contribution in [0.5, 0.6) is 5.75 Å². The van der Waals surface area contributed by atoms with Crippen molar-refractivity contribution in [1.29, 1.82) is 0 Å². The molecule has 1 N–H and O–H groups in total. The Balaban J connectivity index is 1.43. The summed E-state index contributed by atoms with van der Waals surface area (Å²) >= 11 is 0. The molecule has 35 heavy (non-hydrogen) atoms. The summed E-state index contributed by atoms with van der Waals surface area (Å²) in [6, 6.07) is 21.4. The average molecular weight is 472 g/mol. The zero-order chi connectivity index (χ0) is 24.4. The van der Waals surface area contributed by atoms with Crippen molar-refractivity contribution in [2.75, 3.05) is 5.32 Å². The van der Waals surface area contributed by atoms with E-state index in [1.807, 2.05) is 54.6 Å². The van der Waals surface area contributed by atoms with Crippen LogP contribution in [0.4, 0.5) is 24.8 Å². The van der Waals surface area contributed by atoms with Gasteiger partial charge in [0, 0.05) is 22.6 Å². The molecule has 0 spiro atoms. The number of aromatic nitrogens is 3. The molecule has 0 saturated heterocycles. The molecule has 5 rings (SSSR count). The molecule has 0 amide bonds. The minimum atomic E-state index is -1.24. The van der Waals surface area contributed by atoms with Gasteiger partial charge in [0.1, 0.15) is 41.7 Å². The highest BCUT2D eigenvalue weighted by Crippen LogP contribution is 2.30. The van der Waals surface area contributed by atoms with Gasteiger partial charge in [0.05, 0.1) is 5.69 Å². The molecule has 5 nitrogen and oxygen atoms in total. The summed E-state index contributed by atoms with van der Waals surface area (Å²) in [6.45, 7) is 1.57. The number of nitrogens with one attached hydrogen (secondary N) is 1. The summed E-state index contributed by atoms with van der Waals surface area (Å²) in [7, 11) is 0. The number of benzene rings is 3. The van der Waals surface area contributed by atoms with Crippen LogP contribution in [0.15, 0.2) is 79.1 Å². The van der Waals surface area contributed by atoms with E-state index in [0.29, 0.717) is 23.7 Å². The van der Waals surface area contributed by atoms with Crippen LogP contribution in [0.2, 0.25) is 0 Å². The molecule has 0 radical (unpaired) electrons. The molecule has 0 saturated carbocycles. The second-order valence-corrected chi connectivity index (χ2v) is 7.87. The minimum Gasteiger partial charge on any atom is -0.487 e. The lowest BCUT2D eigenvalue weighted by atomic mass is 10.1. The Morgan fingerprint density at radius 2 is 1.66 bits per heavy atom. The topological polar surface area (TPSA) is 59.9 Å². The van der Waals surface area contributed by atoms with Crippen molar-refractivity contribution in [2.45, 2.75) is 13.5 Å². The van der Waals surface area contributed by atoms with E-state index in [2.05, 4.69) is 20.3 Å². The first-order valence-corrected chi connectivity index (χ1v) is 10.8. The van der Waals surface area contributed by atoms with Crippen molar-refractivity contribution < 1.29 is 17.9 Å². The van der Waals surface area contributed by atoms with Crippen molar-refractivity contribution >= 4 is 22.5 Å². The van der Waals surface area contributed by atoms with Crippen molar-refractivity contribution in [3.8, 4) is 17.0 Å². The third-order valence-electron chi connectivity index (χ3n) is 5.51. The Kier molecular flexibility index (Phi) is 6.01. The third-order valence-corrected chi connectivity index (χ3v) is 5.51. The van der Waals surface area contributed by atoms with Crippen LogP contribution in [-0.2, 0) is 6.61 Å². The second-order valence-electron chi connectivity index (χ2n) is 7.87. The Hall–Kier alpha value is -4.46. The summed E-state index contributed by atoms with van der Waals surface area (Å²) in [4.78, 5) is 12.8. The quantitative estimate of drug-likeness (QED) is 0.277. The number of pyridine rings is 1. The molecule has 0 atom stereocenters. The zero-order valence-corrected chi connectivity index (χ0v) is 18.6. The number of hydrogen-bond donors (Lipinski definition) is 1. The van der Waals surface area contributed by atoms with E-state index < -0.39 is 17.5 Å². The number of fused-ring (bicyclic) bond motifs is 1. The van der Waals surface area contributed by atoms with Gasteiger partial charge in [0.2, 0.25) is 0 Å². The molecule has 0 bridgehead atoms. The molecule has 0 aliphatic heterocycles. The maximum Gasteiger partial charge on any atom is 0.168 e. The number of para-hydroxylation sites is 1. The predicted molar refractivity (Wildman–Crippen MR) is 128 cm³/mol. The van der Waals surface area contributed by atoms with Gasteiger partial charge in [-0.1, -0.05) is 42.5 Å². The van der Waals surface area contributed by atoms with Crippen LogP contribution in [-0.4, -0.2) is 15.0 Å². The van der Waals surface area contributed by atoms with Gasteiger partial charge in [-0.15, -0.1) is 0 Å². The molecule has 8 heteroatoms. The first-order chi connectivity index (χ1) is 17.0. The molecule has 174 valence electrons. The molecule has 2 heterocycles. The van der Waals surface area contributed by atoms with E-state index in [9.17, 15) is 13.2 Å². The Labute approximate surface area is 199 Å². The van der Waals surface area contributed by atoms with Crippen molar-refractivity contribution in [1.82, 2.24) is 15.0 Å². The van der Waals surface area contributed by atoms with Crippen LogP contribution >= 0.6 is 0 Å². The molecule has 0 aliphatic carbocycles. The van der Waals surface area contributed by atoms with Crippen molar-refractivity contribution in [3.63, 3.8) is 0 Å². The number of rotatable bonds is 6. The van der Waals surface area contributed by atoms with Gasteiger partial charge in [0.15, 0.2) is 11.6 Å². The van der Waals surface area contributed by atoms with E-state index in [1.165, 1.54) is 19.3 Å². The van der Waals surface area contributed by atoms with Gasteiger partial charge in [-0.05, 0) is 36.8 Å². The lowest BCUT2D eigenvalue weighted by molar-refractivity contribution is 0.309. The average Bonchev–Trinajstić information content (AvgIpc) is 2.89. The number of halogens is 3. The predicted octanol–water partition coefficient (Wildman–Crippen LogP) is 6.74. The lowest BCUT2D eigenvalue weighted by Gasteiger charge is -2.11. The highest BCUT2D eigenvalue weighted by Gasteiger charge is 2.18. The van der Waals surface area contributed by atoms with Gasteiger partial charge in [-0.3, -0.25) is 0 Å². The number of hydrogen-bond acceptors (Lipinski definition) is 5. The monoisotopic (exact) mass is 472 g/mol. The van der Waals surface area contributed by atoms with Crippen molar-refractivity contribution in [2.24, 2.45) is 0 Å². The molecule has 2 aromatic heterocycles. The van der Waals surface area contributed by atoms with E-state index in [4.69, 9.17) is 4.74 Å². The number of ether oxygens (including phenoxy) is 1. The third kappa shape index (κ3) is 4.63. The SMILES string of the molecule is Cc1c(F)cc(-c2cc(Nc3ccc4cccc(OCc5ccccc5)c4n3)ncn2)c(F)c1F. The van der Waals surface area contributed by atoms with Crippen molar-refractivity contribution in [3.05, 3.63) is 108 Å². The normalized spacial score (nSPS) is 11.0. The summed E-state index contributed by atoms with van der Waals surface area (Å²) in [5.41, 5.74) is 1.04. The summed E-state index contributed by atoms with van der Waals surface area (Å²) in [5, 5.41) is 3.93. The zero-order valence-electron chi connectivity index (χ0n) is 18.6. The summed E-state index contributed by atoms with van der Waals surface area (Å²) < 4.78 is 48.5. The van der Waals surface area contributed by atoms with E-state index in [-0.39, 0.29) is 22.6 Å². The van der Waals surface area contributed by atoms with Gasteiger partial charge in [-0.2, -0.15) is 0 Å². The van der Waals surface area contributed by atoms with Crippen LogP contribution in [0, 0.1) is 24.4 Å². The van der Waals surface area contributed by atoms with E-state index in [1.54, 1.807) is 6.07 Å². The first-order valence-electron chi connectivity index (χ1n) is 10.8. The van der Waals surface area contributed by atoms with Crippen LogP contribution in [0.3, 0.4) is 0 Å². The second kappa shape index (κ2) is 9.42. The van der Waals surface area contributed by atoms with E-state index >= 15 is 0 Å². The standard InChI is InChI=1S/C27H19F3N4O/c1-16-20(28)12-19(26(30)25(16)29)21-13-24(32-15-31-21)33-23-11-10-18-8-5-9-22(27(18)34-23)35-14-17-6-3-2-4-7-17/h2-13,15H,14H2,1H3,(H,31,32,33,34). The van der Waals surface area contributed by atoms with Gasteiger partial charge < -0.3 is 10.1 Å². The van der Waals surface area contributed by atoms with E-state index in [0.717, 1.165) is 17.0 Å². The molecule has 3 aromatic carbocycles. The fraction of sp³-hybridized carbons (Fsp3) is 0.0741. The van der Waals surface area contributed by atoms with Gasteiger partial charge >= 0.3 is 0 Å². The summed E-state index contributed by atoms with van der Waals surface area (Å²) in [5.74, 6) is -1.91.